The molecule has 1 aromatic rings. The summed E-state index contributed by atoms with van der Waals surface area (Å²) in [5, 5.41) is 18.2. The Morgan fingerprint density at radius 2 is 1.85 bits per heavy atom. The van der Waals surface area contributed by atoms with E-state index in [1.807, 2.05) is 0 Å². The molecule has 3 aliphatic carbocycles. The molecule has 188 valence electrons. The van der Waals surface area contributed by atoms with Gasteiger partial charge < -0.3 is 20.6 Å². The van der Waals surface area contributed by atoms with Crippen molar-refractivity contribution in [3.63, 3.8) is 0 Å². The zero-order valence-corrected chi connectivity index (χ0v) is 21.4. The van der Waals surface area contributed by atoms with Gasteiger partial charge in [-0.05, 0) is 56.3 Å². The molecule has 5 aliphatic rings. The fraction of sp³-hybridized carbons (Fsp3) is 0.852. The van der Waals surface area contributed by atoms with Crippen molar-refractivity contribution in [2.75, 3.05) is 18.4 Å². The van der Waals surface area contributed by atoms with Crippen LogP contribution in [0.25, 0.3) is 0 Å². The number of thiazole rings is 1. The minimum Gasteiger partial charge on any atom is -0.388 e. The molecule has 7 heteroatoms. The van der Waals surface area contributed by atoms with E-state index in [0.717, 1.165) is 49.0 Å². The molecule has 2 aliphatic heterocycles. The topological polar surface area (TPSA) is 77.5 Å². The number of amides is 1. The Bertz CT molecular complexity index is 891. The lowest BCUT2D eigenvalue weighted by molar-refractivity contribution is -0.134. The number of anilines is 1. The van der Waals surface area contributed by atoms with Gasteiger partial charge in [-0.3, -0.25) is 4.79 Å². The van der Waals surface area contributed by atoms with Gasteiger partial charge in [0.1, 0.15) is 0 Å². The van der Waals surface area contributed by atoms with Crippen molar-refractivity contribution in [2.24, 2.45) is 11.3 Å². The molecule has 6 rings (SSSR count). The minimum atomic E-state index is -0.522. The maximum Gasteiger partial charge on any atom is 0.240 e. The molecule has 3 heterocycles. The van der Waals surface area contributed by atoms with Crippen molar-refractivity contribution in [3.8, 4) is 0 Å². The predicted octanol–water partition coefficient (Wildman–Crippen LogP) is 4.62. The number of nitrogens with zero attached hydrogens (tertiary/aromatic N) is 2. The second-order valence-corrected chi connectivity index (χ2v) is 13.1. The highest BCUT2D eigenvalue weighted by molar-refractivity contribution is 7.15. The molecule has 0 spiro atoms. The highest BCUT2D eigenvalue weighted by Gasteiger charge is 2.54. The third-order valence-electron chi connectivity index (χ3n) is 9.72. The zero-order valence-electron chi connectivity index (χ0n) is 20.6. The molecular weight excluding hydrogens is 444 g/mol. The summed E-state index contributed by atoms with van der Waals surface area (Å²) in [6.45, 7) is 2.05. The van der Waals surface area contributed by atoms with Gasteiger partial charge in [0, 0.05) is 30.4 Å². The molecule has 4 fully saturated rings. The number of aliphatic hydroxyl groups is 1. The van der Waals surface area contributed by atoms with Crippen LogP contribution in [0.5, 0.6) is 0 Å². The number of hydrogen-bond acceptors (Lipinski definition) is 6. The molecule has 34 heavy (non-hydrogen) atoms. The molecule has 3 unspecified atom stereocenters. The van der Waals surface area contributed by atoms with Crippen LogP contribution in [0.1, 0.15) is 100 Å². The van der Waals surface area contributed by atoms with Crippen LogP contribution in [0.15, 0.2) is 0 Å². The van der Waals surface area contributed by atoms with Crippen LogP contribution in [0.3, 0.4) is 0 Å². The van der Waals surface area contributed by atoms with Crippen LogP contribution in [0, 0.1) is 11.3 Å². The lowest BCUT2D eigenvalue weighted by atomic mass is 9.60. The van der Waals surface area contributed by atoms with Crippen LogP contribution in [0.4, 0.5) is 5.13 Å². The standard InChI is InChI=1S/C27H42N4O2S/c32-24(31-15-11-20-22(17-31)34-25(30-20)28-18-26(33)13-14-26)21-16-27(12-7-6-10-23(27)29-21)19-8-4-2-1-3-5-9-19/h19,21,23,29,33H,1-18H2,(H,28,30). The van der Waals surface area contributed by atoms with E-state index < -0.39 is 5.60 Å². The summed E-state index contributed by atoms with van der Waals surface area (Å²) in [5.74, 6) is 1.12. The van der Waals surface area contributed by atoms with E-state index in [-0.39, 0.29) is 6.04 Å². The van der Waals surface area contributed by atoms with Crippen molar-refractivity contribution < 1.29 is 9.90 Å². The van der Waals surface area contributed by atoms with E-state index in [0.29, 0.717) is 30.5 Å². The number of carbonyl (C=O) groups excluding carboxylic acids is 1. The van der Waals surface area contributed by atoms with Gasteiger partial charge in [-0.2, -0.15) is 0 Å². The van der Waals surface area contributed by atoms with Crippen molar-refractivity contribution in [2.45, 2.75) is 121 Å². The summed E-state index contributed by atoms with van der Waals surface area (Å²) in [6.07, 6.45) is 18.6. The van der Waals surface area contributed by atoms with Crippen LogP contribution >= 0.6 is 11.3 Å². The fourth-order valence-electron chi connectivity index (χ4n) is 7.53. The van der Waals surface area contributed by atoms with Gasteiger partial charge in [-0.15, -0.1) is 0 Å². The number of fused-ring (bicyclic) bond motifs is 2. The van der Waals surface area contributed by atoms with Crippen LogP contribution in [0.2, 0.25) is 0 Å². The van der Waals surface area contributed by atoms with Gasteiger partial charge in [0.2, 0.25) is 5.91 Å². The first-order valence-corrected chi connectivity index (χ1v) is 14.9. The summed E-state index contributed by atoms with van der Waals surface area (Å²) in [4.78, 5) is 21.9. The molecule has 6 nitrogen and oxygen atoms in total. The number of aromatic nitrogens is 1. The number of rotatable bonds is 5. The summed E-state index contributed by atoms with van der Waals surface area (Å²) < 4.78 is 0. The third-order valence-corrected chi connectivity index (χ3v) is 10.8. The van der Waals surface area contributed by atoms with Crippen molar-refractivity contribution >= 4 is 22.4 Å². The van der Waals surface area contributed by atoms with E-state index in [2.05, 4.69) is 15.5 Å². The molecule has 3 N–H and O–H groups in total. The molecule has 1 amide bonds. The van der Waals surface area contributed by atoms with Crippen molar-refractivity contribution in [1.82, 2.24) is 15.2 Å². The Kier molecular flexibility index (Phi) is 6.40. The summed E-state index contributed by atoms with van der Waals surface area (Å²) in [5.41, 5.74) is 0.964. The first-order chi connectivity index (χ1) is 16.5. The minimum absolute atomic E-state index is 0.00952. The smallest absolute Gasteiger partial charge is 0.240 e. The van der Waals surface area contributed by atoms with Gasteiger partial charge in [-0.25, -0.2) is 4.98 Å². The van der Waals surface area contributed by atoms with Gasteiger partial charge >= 0.3 is 0 Å². The van der Waals surface area contributed by atoms with Crippen molar-refractivity contribution in [1.29, 1.82) is 0 Å². The number of hydrogen-bond donors (Lipinski definition) is 3. The fourth-order valence-corrected chi connectivity index (χ4v) is 8.54. The predicted molar refractivity (Wildman–Crippen MR) is 136 cm³/mol. The number of nitrogens with one attached hydrogen (secondary N) is 2. The Labute approximate surface area is 208 Å². The van der Waals surface area contributed by atoms with Gasteiger partial charge in [0.25, 0.3) is 0 Å². The highest BCUT2D eigenvalue weighted by Crippen LogP contribution is 2.53. The summed E-state index contributed by atoms with van der Waals surface area (Å²) in [7, 11) is 0. The van der Waals surface area contributed by atoms with Crippen LogP contribution in [-0.4, -0.2) is 51.7 Å². The quantitative estimate of drug-likeness (QED) is 0.566. The molecule has 0 radical (unpaired) electrons. The maximum atomic E-state index is 13.8. The van der Waals surface area contributed by atoms with Crippen molar-refractivity contribution in [3.05, 3.63) is 10.6 Å². The summed E-state index contributed by atoms with van der Waals surface area (Å²) in [6, 6.07) is 0.525. The first-order valence-electron chi connectivity index (χ1n) is 14.0. The highest BCUT2D eigenvalue weighted by atomic mass is 32.1. The first kappa shape index (κ1) is 23.2. The van der Waals surface area contributed by atoms with Gasteiger partial charge in [-0.1, -0.05) is 56.3 Å². The SMILES string of the molecule is O=C(C1CC2(C3CCCCCCC3)CCCCC2N1)N1CCc2nc(NCC3(O)CC3)sc2C1. The van der Waals surface area contributed by atoms with E-state index >= 15 is 0 Å². The monoisotopic (exact) mass is 486 g/mol. The number of carbonyl (C=O) groups is 1. The Hall–Kier alpha value is -1.18. The molecular formula is C27H42N4O2S. The molecule has 0 aromatic carbocycles. The summed E-state index contributed by atoms with van der Waals surface area (Å²) >= 11 is 1.67. The van der Waals surface area contributed by atoms with Gasteiger partial charge in [0.15, 0.2) is 5.13 Å². The molecule has 3 saturated carbocycles. The third kappa shape index (κ3) is 4.53. The van der Waals surface area contributed by atoms with E-state index in [1.54, 1.807) is 11.3 Å². The normalized spacial score (nSPS) is 33.5. The zero-order chi connectivity index (χ0) is 23.2. The molecule has 0 bridgehead atoms. The molecule has 1 aromatic heterocycles. The lowest BCUT2D eigenvalue weighted by Crippen LogP contribution is -2.48. The molecule has 1 saturated heterocycles. The maximum absolute atomic E-state index is 13.8. The average Bonchev–Trinajstić information content (AvgIpc) is 3.25. The van der Waals surface area contributed by atoms with Crippen LogP contribution in [-0.2, 0) is 17.8 Å². The van der Waals surface area contributed by atoms with Gasteiger partial charge in [0.05, 0.1) is 23.9 Å². The Morgan fingerprint density at radius 3 is 2.65 bits per heavy atom. The van der Waals surface area contributed by atoms with E-state index in [1.165, 1.54) is 75.5 Å². The largest absolute Gasteiger partial charge is 0.388 e. The van der Waals surface area contributed by atoms with E-state index in [4.69, 9.17) is 4.98 Å². The average molecular weight is 487 g/mol. The lowest BCUT2D eigenvalue weighted by Gasteiger charge is -2.46. The van der Waals surface area contributed by atoms with Crippen LogP contribution < -0.4 is 10.6 Å². The van der Waals surface area contributed by atoms with E-state index in [9.17, 15) is 9.90 Å². The molecule has 3 atom stereocenters. The second kappa shape index (κ2) is 9.36. The Morgan fingerprint density at radius 1 is 1.09 bits per heavy atom. The Balaban J connectivity index is 1.13. The second-order valence-electron chi connectivity index (χ2n) is 12.0.